The molecule has 3 heterocycles. The van der Waals surface area contributed by atoms with E-state index in [4.69, 9.17) is 9.47 Å². The summed E-state index contributed by atoms with van der Waals surface area (Å²) in [6.45, 7) is 9.66. The predicted octanol–water partition coefficient (Wildman–Crippen LogP) is 0.0453. The summed E-state index contributed by atoms with van der Waals surface area (Å²) in [4.78, 5) is 4.90. The molecule has 3 aliphatic rings. The van der Waals surface area contributed by atoms with E-state index in [0.717, 1.165) is 39.5 Å². The fourth-order valence-electron chi connectivity index (χ4n) is 3.23. The van der Waals surface area contributed by atoms with Crippen LogP contribution in [0.15, 0.2) is 11.9 Å². The summed E-state index contributed by atoms with van der Waals surface area (Å²) in [6.07, 6.45) is 2.60. The van der Waals surface area contributed by atoms with Crippen molar-refractivity contribution in [1.29, 1.82) is 0 Å². The van der Waals surface area contributed by atoms with Gasteiger partial charge in [-0.05, 0) is 19.9 Å². The minimum Gasteiger partial charge on any atom is -0.379 e. The van der Waals surface area contributed by atoms with E-state index < -0.39 is 0 Å². The molecule has 0 aromatic carbocycles. The number of nitrogens with one attached hydrogen (secondary N) is 1. The minimum atomic E-state index is 0.268. The molecule has 6 nitrogen and oxygen atoms in total. The van der Waals surface area contributed by atoms with Crippen molar-refractivity contribution in [2.75, 3.05) is 46.6 Å². The van der Waals surface area contributed by atoms with Gasteiger partial charge in [0.05, 0.1) is 32.5 Å². The molecule has 0 aliphatic carbocycles. The summed E-state index contributed by atoms with van der Waals surface area (Å²) >= 11 is 0. The zero-order chi connectivity index (χ0) is 14.1. The van der Waals surface area contributed by atoms with Crippen molar-refractivity contribution < 1.29 is 9.47 Å². The van der Waals surface area contributed by atoms with Gasteiger partial charge in [-0.1, -0.05) is 0 Å². The Balaban J connectivity index is 1.72. The molecule has 6 heteroatoms. The lowest BCUT2D eigenvalue weighted by molar-refractivity contribution is -0.0282. The van der Waals surface area contributed by atoms with Gasteiger partial charge in [0.1, 0.15) is 12.0 Å². The standard InChI is InChI=1S/C14H26N4O2/c1-11-9-19-6-4-17(11)13-8-14(16(3)15-13)18-5-7-20-10-12(18)2/h8,11-13,15H,4-7,9-10H2,1-3H3/t11-,12-,13?/m0/s1. The van der Waals surface area contributed by atoms with Gasteiger partial charge in [-0.25, -0.2) is 5.43 Å². The third-order valence-electron chi connectivity index (χ3n) is 4.41. The highest BCUT2D eigenvalue weighted by molar-refractivity contribution is 5.12. The molecule has 0 radical (unpaired) electrons. The van der Waals surface area contributed by atoms with E-state index in [1.807, 2.05) is 0 Å². The molecule has 2 fully saturated rings. The van der Waals surface area contributed by atoms with Gasteiger partial charge in [0.25, 0.3) is 0 Å². The van der Waals surface area contributed by atoms with Crippen molar-refractivity contribution >= 4 is 0 Å². The smallest absolute Gasteiger partial charge is 0.117 e. The fourth-order valence-corrected chi connectivity index (χ4v) is 3.23. The molecule has 0 aromatic heterocycles. The van der Waals surface area contributed by atoms with Gasteiger partial charge in [-0.2, -0.15) is 0 Å². The molecule has 0 bridgehead atoms. The SMILES string of the molecule is C[C@H]1COCCN1C1=CC(N2CCOC[C@@H]2C)NN1C. The molecule has 3 rings (SSSR count). The van der Waals surface area contributed by atoms with Crippen LogP contribution in [0.25, 0.3) is 0 Å². The Kier molecular flexibility index (Phi) is 4.16. The van der Waals surface area contributed by atoms with Crippen LogP contribution in [0.3, 0.4) is 0 Å². The second kappa shape index (κ2) is 5.89. The highest BCUT2D eigenvalue weighted by Gasteiger charge is 2.34. The van der Waals surface area contributed by atoms with Crippen LogP contribution in [0.5, 0.6) is 0 Å². The molecule has 1 unspecified atom stereocenters. The maximum absolute atomic E-state index is 5.53. The first-order valence-corrected chi connectivity index (χ1v) is 7.56. The van der Waals surface area contributed by atoms with Gasteiger partial charge in [0.15, 0.2) is 0 Å². The van der Waals surface area contributed by atoms with Gasteiger partial charge in [0.2, 0.25) is 0 Å². The van der Waals surface area contributed by atoms with Crippen molar-refractivity contribution in [2.24, 2.45) is 0 Å². The summed E-state index contributed by atoms with van der Waals surface area (Å²) < 4.78 is 11.1. The second-order valence-corrected chi connectivity index (χ2v) is 5.94. The van der Waals surface area contributed by atoms with Crippen molar-refractivity contribution in [3.63, 3.8) is 0 Å². The number of hydrogen-bond donors (Lipinski definition) is 1. The Morgan fingerprint density at radius 3 is 2.50 bits per heavy atom. The van der Waals surface area contributed by atoms with Crippen LogP contribution in [0.2, 0.25) is 0 Å². The van der Waals surface area contributed by atoms with Crippen LogP contribution in [0.4, 0.5) is 0 Å². The number of morpholine rings is 2. The van der Waals surface area contributed by atoms with Crippen LogP contribution in [-0.2, 0) is 9.47 Å². The fraction of sp³-hybridized carbons (Fsp3) is 0.857. The molecule has 0 amide bonds. The van der Waals surface area contributed by atoms with Crippen LogP contribution >= 0.6 is 0 Å². The van der Waals surface area contributed by atoms with Crippen molar-refractivity contribution in [1.82, 2.24) is 20.2 Å². The molecule has 0 aromatic rings. The number of nitrogens with zero attached hydrogens (tertiary/aromatic N) is 3. The summed E-state index contributed by atoms with van der Waals surface area (Å²) in [5.41, 5.74) is 3.55. The summed E-state index contributed by atoms with van der Waals surface area (Å²) in [7, 11) is 2.10. The van der Waals surface area contributed by atoms with Crippen LogP contribution < -0.4 is 5.43 Å². The quantitative estimate of drug-likeness (QED) is 0.771. The Morgan fingerprint density at radius 1 is 1.10 bits per heavy atom. The second-order valence-electron chi connectivity index (χ2n) is 5.94. The van der Waals surface area contributed by atoms with Crippen LogP contribution in [0.1, 0.15) is 13.8 Å². The predicted molar refractivity (Wildman–Crippen MR) is 76.7 cm³/mol. The molecule has 0 saturated carbocycles. The number of hydrazine groups is 1. The largest absolute Gasteiger partial charge is 0.379 e. The van der Waals surface area contributed by atoms with Crippen molar-refractivity contribution in [3.05, 3.63) is 11.9 Å². The molecule has 114 valence electrons. The van der Waals surface area contributed by atoms with E-state index in [9.17, 15) is 0 Å². The summed E-state index contributed by atoms with van der Waals surface area (Å²) in [5, 5.41) is 2.15. The molecule has 3 aliphatic heterocycles. The first-order valence-electron chi connectivity index (χ1n) is 7.56. The maximum Gasteiger partial charge on any atom is 0.117 e. The minimum absolute atomic E-state index is 0.268. The first kappa shape index (κ1) is 14.1. The Labute approximate surface area is 121 Å². The van der Waals surface area contributed by atoms with E-state index in [1.54, 1.807) is 0 Å². The van der Waals surface area contributed by atoms with E-state index >= 15 is 0 Å². The first-order chi connectivity index (χ1) is 9.66. The van der Waals surface area contributed by atoms with E-state index in [-0.39, 0.29) is 6.17 Å². The third kappa shape index (κ3) is 2.65. The molecule has 3 atom stereocenters. The van der Waals surface area contributed by atoms with Crippen LogP contribution in [0, 0.1) is 0 Å². The van der Waals surface area contributed by atoms with Gasteiger partial charge >= 0.3 is 0 Å². The molecule has 0 spiro atoms. The molecular weight excluding hydrogens is 256 g/mol. The lowest BCUT2D eigenvalue weighted by Crippen LogP contribution is -2.54. The Morgan fingerprint density at radius 2 is 1.80 bits per heavy atom. The van der Waals surface area contributed by atoms with Gasteiger partial charge in [0, 0.05) is 26.2 Å². The van der Waals surface area contributed by atoms with E-state index in [1.165, 1.54) is 5.82 Å². The van der Waals surface area contributed by atoms with Gasteiger partial charge in [-0.15, -0.1) is 0 Å². The highest BCUT2D eigenvalue weighted by atomic mass is 16.5. The van der Waals surface area contributed by atoms with Crippen molar-refractivity contribution in [3.8, 4) is 0 Å². The van der Waals surface area contributed by atoms with Gasteiger partial charge in [-0.3, -0.25) is 9.91 Å². The topological polar surface area (TPSA) is 40.2 Å². The molecular formula is C14H26N4O2. The van der Waals surface area contributed by atoms with Gasteiger partial charge < -0.3 is 14.4 Å². The Bertz CT molecular complexity index is 376. The molecule has 20 heavy (non-hydrogen) atoms. The van der Waals surface area contributed by atoms with E-state index in [2.05, 4.69) is 47.2 Å². The number of rotatable bonds is 2. The lowest BCUT2D eigenvalue weighted by atomic mass is 10.2. The average Bonchev–Trinajstić information content (AvgIpc) is 2.81. The third-order valence-corrected chi connectivity index (χ3v) is 4.41. The monoisotopic (exact) mass is 282 g/mol. The average molecular weight is 282 g/mol. The zero-order valence-electron chi connectivity index (χ0n) is 12.7. The zero-order valence-corrected chi connectivity index (χ0v) is 12.7. The molecule has 1 N–H and O–H groups in total. The summed E-state index contributed by atoms with van der Waals surface area (Å²) in [6, 6.07) is 0.882. The van der Waals surface area contributed by atoms with E-state index in [0.29, 0.717) is 12.1 Å². The normalized spacial score (nSPS) is 36.4. The van der Waals surface area contributed by atoms with Crippen molar-refractivity contribution in [2.45, 2.75) is 32.1 Å². The molecule has 2 saturated heterocycles. The number of ether oxygens (including phenoxy) is 2. The highest BCUT2D eigenvalue weighted by Crippen LogP contribution is 2.23. The summed E-state index contributed by atoms with van der Waals surface area (Å²) in [5.74, 6) is 1.27. The Hall–Kier alpha value is -0.820. The maximum atomic E-state index is 5.53. The number of hydrogen-bond acceptors (Lipinski definition) is 6. The van der Waals surface area contributed by atoms with Crippen LogP contribution in [-0.4, -0.2) is 79.6 Å². The lowest BCUT2D eigenvalue weighted by Gasteiger charge is -2.38.